The lowest BCUT2D eigenvalue weighted by atomic mass is 10.2. The number of esters is 1. The van der Waals surface area contributed by atoms with Crippen LogP contribution >= 0.6 is 23.1 Å². The summed E-state index contributed by atoms with van der Waals surface area (Å²) in [6, 6.07) is 15.7. The summed E-state index contributed by atoms with van der Waals surface area (Å²) in [6.45, 7) is 2.61. The molecule has 1 aromatic carbocycles. The highest BCUT2D eigenvalue weighted by molar-refractivity contribution is 7.99. The van der Waals surface area contributed by atoms with Gasteiger partial charge < -0.3 is 14.8 Å². The summed E-state index contributed by atoms with van der Waals surface area (Å²) in [5, 5.41) is 3.96. The van der Waals surface area contributed by atoms with Crippen molar-refractivity contribution in [1.29, 1.82) is 0 Å². The lowest BCUT2D eigenvalue weighted by molar-refractivity contribution is -0.142. The second kappa shape index (κ2) is 10.9. The van der Waals surface area contributed by atoms with Crippen LogP contribution in [0.1, 0.15) is 18.9 Å². The normalized spacial score (nSPS) is 10.8. The van der Waals surface area contributed by atoms with Crippen molar-refractivity contribution >= 4 is 50.4 Å². The van der Waals surface area contributed by atoms with Crippen molar-refractivity contribution in [2.24, 2.45) is 0 Å². The smallest absolute Gasteiger partial charge is 0.306 e. The minimum Gasteiger partial charge on any atom is -0.485 e. The average Bonchev–Trinajstić information content (AvgIpc) is 3.22. The summed E-state index contributed by atoms with van der Waals surface area (Å²) < 4.78 is 11.1. The third-order valence-corrected chi connectivity index (χ3v) is 6.20. The summed E-state index contributed by atoms with van der Waals surface area (Å²) in [6.07, 6.45) is 3.86. The number of benzene rings is 1. The Balaban J connectivity index is 1.51. The first-order valence-corrected chi connectivity index (χ1v) is 11.9. The number of fused-ring (bicyclic) bond motifs is 1. The van der Waals surface area contributed by atoms with Crippen LogP contribution in [0.2, 0.25) is 0 Å². The maximum Gasteiger partial charge on any atom is 0.306 e. The maximum atomic E-state index is 11.6. The third kappa shape index (κ3) is 5.95. The van der Waals surface area contributed by atoms with Gasteiger partial charge in [-0.05, 0) is 30.7 Å². The molecule has 0 atom stereocenters. The van der Waals surface area contributed by atoms with Gasteiger partial charge in [0.1, 0.15) is 17.0 Å². The van der Waals surface area contributed by atoms with Crippen LogP contribution in [0, 0.1) is 0 Å². The molecule has 0 saturated carbocycles. The van der Waals surface area contributed by atoms with Gasteiger partial charge in [-0.25, -0.2) is 15.0 Å². The topological polar surface area (TPSA) is 86.2 Å². The zero-order valence-electron chi connectivity index (χ0n) is 17.5. The molecule has 4 aromatic rings. The number of nitrogens with zero attached hydrogens (tertiary/aromatic N) is 3. The fourth-order valence-electron chi connectivity index (χ4n) is 2.85. The molecule has 0 aliphatic rings. The number of ether oxygens (including phenoxy) is 2. The highest BCUT2D eigenvalue weighted by atomic mass is 32.2. The summed E-state index contributed by atoms with van der Waals surface area (Å²) in [5.41, 5.74) is 1.89. The van der Waals surface area contributed by atoms with E-state index in [1.165, 1.54) is 23.1 Å². The monoisotopic (exact) mass is 466 g/mol. The largest absolute Gasteiger partial charge is 0.485 e. The second-order valence-electron chi connectivity index (χ2n) is 6.67. The minimum absolute atomic E-state index is 0.198. The predicted octanol–water partition coefficient (Wildman–Crippen LogP) is 5.45. The molecule has 9 heteroatoms. The van der Waals surface area contributed by atoms with Crippen LogP contribution in [-0.4, -0.2) is 33.3 Å². The van der Waals surface area contributed by atoms with E-state index in [1.54, 1.807) is 19.3 Å². The van der Waals surface area contributed by atoms with Gasteiger partial charge in [0.25, 0.3) is 0 Å². The first-order chi connectivity index (χ1) is 15.7. The van der Waals surface area contributed by atoms with Gasteiger partial charge in [-0.2, -0.15) is 0 Å². The van der Waals surface area contributed by atoms with E-state index in [2.05, 4.69) is 20.3 Å². The molecule has 7 nitrogen and oxygen atoms in total. The van der Waals surface area contributed by atoms with Crippen molar-refractivity contribution in [2.75, 3.05) is 17.7 Å². The van der Waals surface area contributed by atoms with Crippen molar-refractivity contribution in [3.05, 3.63) is 66.5 Å². The number of thioether (sulfide) groups is 1. The van der Waals surface area contributed by atoms with Gasteiger partial charge in [-0.15, -0.1) is 11.8 Å². The molecule has 0 aliphatic carbocycles. The van der Waals surface area contributed by atoms with Crippen LogP contribution in [-0.2, 0) is 16.1 Å². The van der Waals surface area contributed by atoms with Crippen LogP contribution < -0.4 is 10.1 Å². The van der Waals surface area contributed by atoms with Crippen LogP contribution in [0.5, 0.6) is 5.75 Å². The molecular formula is C23H22N4O3S2. The van der Waals surface area contributed by atoms with Gasteiger partial charge >= 0.3 is 5.97 Å². The quantitative estimate of drug-likeness (QED) is 0.244. The number of aromatic nitrogens is 3. The predicted molar refractivity (Wildman–Crippen MR) is 128 cm³/mol. The van der Waals surface area contributed by atoms with E-state index in [4.69, 9.17) is 9.47 Å². The molecule has 0 unspecified atom stereocenters. The van der Waals surface area contributed by atoms with Crippen LogP contribution in [0.3, 0.4) is 0 Å². The van der Waals surface area contributed by atoms with Gasteiger partial charge in [-0.3, -0.25) is 4.79 Å². The van der Waals surface area contributed by atoms with Crippen molar-refractivity contribution in [3.8, 4) is 5.75 Å². The van der Waals surface area contributed by atoms with Crippen molar-refractivity contribution in [2.45, 2.75) is 24.8 Å². The molecule has 3 heterocycles. The molecular weight excluding hydrogens is 444 g/mol. The summed E-state index contributed by atoms with van der Waals surface area (Å²) in [4.78, 5) is 26.8. The second-order valence-corrected chi connectivity index (χ2v) is 8.81. The van der Waals surface area contributed by atoms with Crippen molar-refractivity contribution in [3.63, 3.8) is 0 Å². The Kier molecular flexibility index (Phi) is 7.52. The van der Waals surface area contributed by atoms with Gasteiger partial charge in [0.05, 0.1) is 13.0 Å². The summed E-state index contributed by atoms with van der Waals surface area (Å²) >= 11 is 2.99. The zero-order valence-corrected chi connectivity index (χ0v) is 19.1. The number of hydrogen-bond donors (Lipinski definition) is 1. The van der Waals surface area contributed by atoms with Gasteiger partial charge in [0.2, 0.25) is 0 Å². The number of rotatable bonds is 10. The van der Waals surface area contributed by atoms with E-state index >= 15 is 0 Å². The Morgan fingerprint density at radius 3 is 2.84 bits per heavy atom. The number of carbonyl (C=O) groups is 1. The standard InChI is InChI=1S/C23H22N4O3S2/c1-2-29-20(28)10-12-31-17-13-19(30-15-16-7-4-3-5-8-16)21(25-14-17)27-23-26-18-9-6-11-24-22(18)32-23/h3-9,11,13-14H,2,10,12,15H2,1H3,(H,25,26,27). The molecule has 0 bridgehead atoms. The molecule has 0 amide bonds. The Morgan fingerprint density at radius 1 is 1.16 bits per heavy atom. The van der Waals surface area contributed by atoms with E-state index < -0.39 is 0 Å². The van der Waals surface area contributed by atoms with Crippen molar-refractivity contribution < 1.29 is 14.3 Å². The fourth-order valence-corrected chi connectivity index (χ4v) is 4.48. The molecule has 4 rings (SSSR count). The molecule has 3 aromatic heterocycles. The summed E-state index contributed by atoms with van der Waals surface area (Å²) in [5.74, 6) is 1.60. The molecule has 164 valence electrons. The lowest BCUT2D eigenvalue weighted by Gasteiger charge is -2.13. The molecule has 32 heavy (non-hydrogen) atoms. The molecule has 0 spiro atoms. The molecule has 1 N–H and O–H groups in total. The maximum absolute atomic E-state index is 11.6. The number of thiazole rings is 1. The molecule has 0 fully saturated rings. The number of hydrogen-bond acceptors (Lipinski definition) is 9. The van der Waals surface area contributed by atoms with E-state index in [9.17, 15) is 4.79 Å². The molecule has 0 saturated heterocycles. The highest BCUT2D eigenvalue weighted by Crippen LogP contribution is 2.33. The SMILES string of the molecule is CCOC(=O)CCSc1cnc(Nc2nc3cccnc3s2)c(OCc2ccccc2)c1. The van der Waals surface area contributed by atoms with E-state index in [-0.39, 0.29) is 5.97 Å². The Labute approximate surface area is 194 Å². The average molecular weight is 467 g/mol. The Hall–Kier alpha value is -3.17. The number of nitrogens with one attached hydrogen (secondary N) is 1. The highest BCUT2D eigenvalue weighted by Gasteiger charge is 2.12. The van der Waals surface area contributed by atoms with Gasteiger partial charge in [-0.1, -0.05) is 41.7 Å². The summed E-state index contributed by atoms with van der Waals surface area (Å²) in [7, 11) is 0. The molecule has 0 radical (unpaired) electrons. The van der Waals surface area contributed by atoms with Gasteiger partial charge in [0, 0.05) is 23.0 Å². The minimum atomic E-state index is -0.198. The molecule has 0 aliphatic heterocycles. The first kappa shape index (κ1) is 22.0. The van der Waals surface area contributed by atoms with E-state index in [0.29, 0.717) is 42.1 Å². The zero-order chi connectivity index (χ0) is 22.2. The number of anilines is 2. The van der Waals surface area contributed by atoms with E-state index in [1.807, 2.05) is 48.5 Å². The van der Waals surface area contributed by atoms with Gasteiger partial charge in [0.15, 0.2) is 16.7 Å². The first-order valence-electron chi connectivity index (χ1n) is 10.1. The number of pyridine rings is 2. The van der Waals surface area contributed by atoms with Crippen molar-refractivity contribution in [1.82, 2.24) is 15.0 Å². The van der Waals surface area contributed by atoms with Crippen LogP contribution in [0.25, 0.3) is 10.3 Å². The fraction of sp³-hybridized carbons (Fsp3) is 0.217. The lowest BCUT2D eigenvalue weighted by Crippen LogP contribution is -2.05. The Morgan fingerprint density at radius 2 is 2.03 bits per heavy atom. The van der Waals surface area contributed by atoms with E-state index in [0.717, 1.165) is 20.8 Å². The Bertz CT molecular complexity index is 1150. The van der Waals surface area contributed by atoms with Crippen LogP contribution in [0.15, 0.2) is 65.8 Å². The third-order valence-electron chi connectivity index (χ3n) is 4.34. The number of carbonyl (C=O) groups excluding carboxylic acids is 1. The van der Waals surface area contributed by atoms with Crippen LogP contribution in [0.4, 0.5) is 10.9 Å².